The fraction of sp³-hybridized carbons (Fsp3) is 1.00. The Labute approximate surface area is 75.4 Å². The first-order valence-corrected chi connectivity index (χ1v) is 4.95. The van der Waals surface area contributed by atoms with E-state index >= 15 is 0 Å². The van der Waals surface area contributed by atoms with Crippen LogP contribution in [0.1, 0.15) is 33.6 Å². The second-order valence-corrected chi connectivity index (χ2v) is 4.65. The Morgan fingerprint density at radius 3 is 2.75 bits per heavy atom. The highest BCUT2D eigenvalue weighted by atomic mass is 16.3. The summed E-state index contributed by atoms with van der Waals surface area (Å²) >= 11 is 0. The van der Waals surface area contributed by atoms with E-state index in [-0.39, 0.29) is 0 Å². The molecule has 0 aromatic rings. The molecule has 1 fully saturated rings. The first kappa shape index (κ1) is 10.0. The van der Waals surface area contributed by atoms with Crippen molar-refractivity contribution < 1.29 is 5.11 Å². The maximum Gasteiger partial charge on any atom is 0.0772 e. The molecule has 0 spiro atoms. The van der Waals surface area contributed by atoms with Crippen LogP contribution in [-0.4, -0.2) is 23.8 Å². The molecule has 0 amide bonds. The topological polar surface area (TPSA) is 32.3 Å². The van der Waals surface area contributed by atoms with Crippen molar-refractivity contribution in [1.29, 1.82) is 0 Å². The highest BCUT2D eigenvalue weighted by Crippen LogP contribution is 2.28. The van der Waals surface area contributed by atoms with Gasteiger partial charge in [-0.1, -0.05) is 13.8 Å². The third-order valence-electron chi connectivity index (χ3n) is 2.79. The highest BCUT2D eigenvalue weighted by Gasteiger charge is 2.34. The molecule has 0 bridgehead atoms. The van der Waals surface area contributed by atoms with Crippen molar-refractivity contribution in [1.82, 2.24) is 5.32 Å². The van der Waals surface area contributed by atoms with Crippen LogP contribution in [-0.2, 0) is 0 Å². The van der Waals surface area contributed by atoms with Gasteiger partial charge in [-0.2, -0.15) is 0 Å². The van der Waals surface area contributed by atoms with Gasteiger partial charge in [-0.05, 0) is 38.1 Å². The normalized spacial score (nSPS) is 37.2. The molecule has 2 unspecified atom stereocenters. The molecule has 2 nitrogen and oxygen atoms in total. The van der Waals surface area contributed by atoms with Crippen LogP contribution in [0.25, 0.3) is 0 Å². The van der Waals surface area contributed by atoms with Gasteiger partial charge in [0.25, 0.3) is 0 Å². The maximum absolute atomic E-state index is 10.0. The lowest BCUT2D eigenvalue weighted by atomic mass is 9.78. The molecule has 1 saturated heterocycles. The van der Waals surface area contributed by atoms with Crippen LogP contribution >= 0.6 is 0 Å². The molecule has 0 saturated carbocycles. The Morgan fingerprint density at radius 2 is 2.25 bits per heavy atom. The lowest BCUT2D eigenvalue weighted by Gasteiger charge is -2.38. The van der Waals surface area contributed by atoms with E-state index in [1.807, 2.05) is 6.92 Å². The number of β-amino-alcohol motifs (C(OH)–C–C–N with tert-alkyl or cyclic N) is 1. The maximum atomic E-state index is 10.0. The summed E-state index contributed by atoms with van der Waals surface area (Å²) in [6.45, 7) is 8.21. The van der Waals surface area contributed by atoms with Crippen LogP contribution in [0.3, 0.4) is 0 Å². The number of hydrogen-bond donors (Lipinski definition) is 2. The van der Waals surface area contributed by atoms with Gasteiger partial charge in [-0.15, -0.1) is 0 Å². The lowest BCUT2D eigenvalue weighted by Crippen LogP contribution is -2.50. The van der Waals surface area contributed by atoms with Crippen LogP contribution < -0.4 is 5.32 Å². The predicted molar refractivity (Wildman–Crippen MR) is 51.1 cm³/mol. The zero-order chi connectivity index (χ0) is 9.19. The van der Waals surface area contributed by atoms with E-state index in [1.54, 1.807) is 0 Å². The summed E-state index contributed by atoms with van der Waals surface area (Å²) in [5, 5.41) is 13.2. The van der Waals surface area contributed by atoms with Crippen LogP contribution in [0.4, 0.5) is 0 Å². The van der Waals surface area contributed by atoms with Crippen LogP contribution in [0.15, 0.2) is 0 Å². The van der Waals surface area contributed by atoms with E-state index in [4.69, 9.17) is 0 Å². The van der Waals surface area contributed by atoms with Crippen molar-refractivity contribution in [3.05, 3.63) is 0 Å². The second kappa shape index (κ2) is 3.75. The van der Waals surface area contributed by atoms with Crippen LogP contribution in [0.5, 0.6) is 0 Å². The Hall–Kier alpha value is -0.0800. The average molecular weight is 171 g/mol. The molecule has 0 aliphatic carbocycles. The third kappa shape index (κ3) is 2.46. The van der Waals surface area contributed by atoms with Crippen molar-refractivity contribution >= 4 is 0 Å². The van der Waals surface area contributed by atoms with E-state index in [2.05, 4.69) is 19.2 Å². The molecule has 12 heavy (non-hydrogen) atoms. The summed E-state index contributed by atoms with van der Waals surface area (Å²) in [5.74, 6) is 1.18. The van der Waals surface area contributed by atoms with E-state index in [1.165, 1.54) is 0 Å². The van der Waals surface area contributed by atoms with Crippen LogP contribution in [0.2, 0.25) is 0 Å². The Morgan fingerprint density at radius 1 is 1.58 bits per heavy atom. The molecule has 72 valence electrons. The zero-order valence-corrected chi connectivity index (χ0v) is 8.43. The largest absolute Gasteiger partial charge is 0.389 e. The van der Waals surface area contributed by atoms with Crippen molar-refractivity contribution in [2.45, 2.75) is 39.2 Å². The second-order valence-electron chi connectivity index (χ2n) is 4.65. The number of rotatable bonds is 2. The molecule has 2 atom stereocenters. The van der Waals surface area contributed by atoms with Gasteiger partial charge >= 0.3 is 0 Å². The summed E-state index contributed by atoms with van der Waals surface area (Å²) in [6, 6.07) is 0. The predicted octanol–water partition coefficient (Wildman–Crippen LogP) is 1.39. The minimum absolute atomic E-state index is 0.484. The Kier molecular flexibility index (Phi) is 3.13. The quantitative estimate of drug-likeness (QED) is 0.658. The number of hydrogen-bond acceptors (Lipinski definition) is 2. The minimum Gasteiger partial charge on any atom is -0.389 e. The molecule has 0 aromatic carbocycles. The van der Waals surface area contributed by atoms with E-state index in [0.29, 0.717) is 11.8 Å². The van der Waals surface area contributed by atoms with Crippen molar-refractivity contribution in [3.63, 3.8) is 0 Å². The van der Waals surface area contributed by atoms with E-state index < -0.39 is 5.60 Å². The van der Waals surface area contributed by atoms with Gasteiger partial charge in [-0.3, -0.25) is 0 Å². The smallest absolute Gasteiger partial charge is 0.0772 e. The number of aliphatic hydroxyl groups is 1. The van der Waals surface area contributed by atoms with E-state index in [0.717, 1.165) is 25.9 Å². The van der Waals surface area contributed by atoms with Crippen molar-refractivity contribution in [3.8, 4) is 0 Å². The highest BCUT2D eigenvalue weighted by molar-refractivity contribution is 4.88. The fourth-order valence-corrected chi connectivity index (χ4v) is 2.01. The SMILES string of the molecule is CC(C)CC1CCNCC1(C)O. The summed E-state index contributed by atoms with van der Waals surface area (Å²) in [4.78, 5) is 0. The molecule has 0 aromatic heterocycles. The molecule has 2 N–H and O–H groups in total. The van der Waals surface area contributed by atoms with Gasteiger partial charge in [-0.25, -0.2) is 0 Å². The van der Waals surface area contributed by atoms with Crippen LogP contribution in [0, 0.1) is 11.8 Å². The molecule has 1 heterocycles. The molecule has 0 radical (unpaired) electrons. The molecule has 1 rings (SSSR count). The molecular weight excluding hydrogens is 150 g/mol. The van der Waals surface area contributed by atoms with E-state index in [9.17, 15) is 5.11 Å². The molecule has 2 heteroatoms. The van der Waals surface area contributed by atoms with Crippen molar-refractivity contribution in [2.75, 3.05) is 13.1 Å². The summed E-state index contributed by atoms with van der Waals surface area (Å²) in [6.07, 6.45) is 2.26. The number of piperidine rings is 1. The van der Waals surface area contributed by atoms with Crippen molar-refractivity contribution in [2.24, 2.45) is 11.8 Å². The standard InChI is InChI=1S/C10H21NO/c1-8(2)6-9-4-5-11-7-10(9,3)12/h8-9,11-12H,4-7H2,1-3H3. The minimum atomic E-state index is -0.484. The summed E-state index contributed by atoms with van der Waals surface area (Å²) in [5.41, 5.74) is -0.484. The summed E-state index contributed by atoms with van der Waals surface area (Å²) in [7, 11) is 0. The van der Waals surface area contributed by atoms with Gasteiger partial charge in [0, 0.05) is 6.54 Å². The first-order chi connectivity index (χ1) is 5.52. The van der Waals surface area contributed by atoms with Gasteiger partial charge < -0.3 is 10.4 Å². The number of nitrogens with one attached hydrogen (secondary N) is 1. The fourth-order valence-electron chi connectivity index (χ4n) is 2.01. The monoisotopic (exact) mass is 171 g/mol. The molecule has 1 aliphatic heterocycles. The van der Waals surface area contributed by atoms with Gasteiger partial charge in [0.1, 0.15) is 0 Å². The molecular formula is C10H21NO. The average Bonchev–Trinajstić information content (AvgIpc) is 1.92. The first-order valence-electron chi connectivity index (χ1n) is 4.95. The Bertz CT molecular complexity index is 143. The van der Waals surface area contributed by atoms with Gasteiger partial charge in [0.05, 0.1) is 5.60 Å². The summed E-state index contributed by atoms with van der Waals surface area (Å²) < 4.78 is 0. The Balaban J connectivity index is 2.48. The lowest BCUT2D eigenvalue weighted by molar-refractivity contribution is -0.0273. The molecule has 1 aliphatic rings. The van der Waals surface area contributed by atoms with Gasteiger partial charge in [0.2, 0.25) is 0 Å². The van der Waals surface area contributed by atoms with Gasteiger partial charge in [0.15, 0.2) is 0 Å². The zero-order valence-electron chi connectivity index (χ0n) is 8.43. The third-order valence-corrected chi connectivity index (χ3v) is 2.79.